The molecule has 1 aliphatic rings. The first-order valence-electron chi connectivity index (χ1n) is 5.60. The number of nitrogen functional groups attached to an aromatic ring is 1. The lowest BCUT2D eigenvalue weighted by molar-refractivity contribution is -0.383. The fraction of sp³-hybridized carbons (Fsp3) is 0.556. The normalized spacial score (nSPS) is 19.9. The number of sulfone groups is 1. The Morgan fingerprint density at radius 3 is 2.85 bits per heavy atom. The van der Waals surface area contributed by atoms with Gasteiger partial charge in [-0.2, -0.15) is 11.8 Å². The lowest BCUT2D eigenvalue weighted by Gasteiger charge is -2.34. The van der Waals surface area contributed by atoms with Gasteiger partial charge in [0.15, 0.2) is 9.84 Å². The molecule has 11 heteroatoms. The maximum atomic E-state index is 11.8. The molecule has 0 amide bonds. The van der Waals surface area contributed by atoms with Crippen LogP contribution in [0, 0.1) is 10.1 Å². The van der Waals surface area contributed by atoms with Gasteiger partial charge in [-0.3, -0.25) is 10.1 Å². The van der Waals surface area contributed by atoms with E-state index in [4.69, 9.17) is 5.73 Å². The third kappa shape index (κ3) is 2.77. The van der Waals surface area contributed by atoms with Crippen LogP contribution in [0.3, 0.4) is 0 Å². The van der Waals surface area contributed by atoms with E-state index >= 15 is 0 Å². The van der Waals surface area contributed by atoms with Crippen molar-refractivity contribution in [3.05, 3.63) is 16.4 Å². The Morgan fingerprint density at radius 2 is 2.25 bits per heavy atom. The Kier molecular flexibility index (Phi) is 3.99. The summed E-state index contributed by atoms with van der Waals surface area (Å²) in [5, 5.41) is 10.3. The zero-order valence-electron chi connectivity index (χ0n) is 10.6. The van der Waals surface area contributed by atoms with Crippen LogP contribution in [0.25, 0.3) is 0 Å². The quantitative estimate of drug-likeness (QED) is 0.598. The first-order valence-corrected chi connectivity index (χ1v) is 8.71. The smallest absolute Gasteiger partial charge is 0.353 e. The Bertz CT molecular complexity index is 635. The van der Waals surface area contributed by atoms with Crippen LogP contribution < -0.4 is 10.6 Å². The maximum Gasteiger partial charge on any atom is 0.353 e. The molecule has 1 fully saturated rings. The van der Waals surface area contributed by atoms with Crippen molar-refractivity contribution in [3.63, 3.8) is 0 Å². The third-order valence-corrected chi connectivity index (χ3v) is 5.51. The van der Waals surface area contributed by atoms with Crippen LogP contribution in [-0.4, -0.2) is 53.0 Å². The molecule has 1 aromatic rings. The second-order valence-corrected chi connectivity index (χ2v) is 7.59. The summed E-state index contributed by atoms with van der Waals surface area (Å²) in [6.07, 6.45) is 2.20. The summed E-state index contributed by atoms with van der Waals surface area (Å²) in [6, 6.07) is 0. The van der Waals surface area contributed by atoms with Gasteiger partial charge in [0, 0.05) is 24.3 Å². The molecule has 0 spiro atoms. The summed E-state index contributed by atoms with van der Waals surface area (Å²) in [6.45, 7) is 0.347. The average Bonchev–Trinajstić information content (AvgIpc) is 2.37. The summed E-state index contributed by atoms with van der Waals surface area (Å²) in [7, 11) is -3.40. The summed E-state index contributed by atoms with van der Waals surface area (Å²) in [5.41, 5.74) is 5.06. The van der Waals surface area contributed by atoms with Crippen molar-refractivity contribution in [1.29, 1.82) is 0 Å². The molecule has 1 aromatic heterocycles. The van der Waals surface area contributed by atoms with E-state index in [9.17, 15) is 18.5 Å². The Labute approximate surface area is 119 Å². The fourth-order valence-corrected chi connectivity index (χ4v) is 4.76. The molecule has 1 aliphatic heterocycles. The van der Waals surface area contributed by atoms with Crippen molar-refractivity contribution in [2.75, 3.05) is 34.9 Å². The van der Waals surface area contributed by atoms with E-state index in [2.05, 4.69) is 9.97 Å². The van der Waals surface area contributed by atoms with Gasteiger partial charge in [-0.25, -0.2) is 18.4 Å². The summed E-state index contributed by atoms with van der Waals surface area (Å²) < 4.78 is 23.7. The Balaban J connectivity index is 2.54. The van der Waals surface area contributed by atoms with Crippen LogP contribution in [0.15, 0.2) is 6.33 Å². The zero-order chi connectivity index (χ0) is 14.9. The number of aromatic nitrogens is 2. The molecule has 0 bridgehead atoms. The van der Waals surface area contributed by atoms with Crippen LogP contribution in [-0.2, 0) is 9.84 Å². The highest BCUT2D eigenvalue weighted by Gasteiger charge is 2.36. The third-order valence-electron chi connectivity index (χ3n) is 2.86. The molecule has 0 aromatic carbocycles. The highest BCUT2D eigenvalue weighted by atomic mass is 32.2. The number of nitrogens with zero attached hydrogens (tertiary/aromatic N) is 4. The fourth-order valence-electron chi connectivity index (χ4n) is 1.95. The topological polar surface area (TPSA) is 132 Å². The van der Waals surface area contributed by atoms with Gasteiger partial charge in [0.05, 0.1) is 4.92 Å². The molecule has 0 radical (unpaired) electrons. The van der Waals surface area contributed by atoms with E-state index < -0.39 is 25.8 Å². The molecule has 1 unspecified atom stereocenters. The van der Waals surface area contributed by atoms with Crippen molar-refractivity contribution < 1.29 is 13.3 Å². The predicted molar refractivity (Wildman–Crippen MR) is 76.4 cm³/mol. The van der Waals surface area contributed by atoms with E-state index in [-0.39, 0.29) is 11.6 Å². The number of anilines is 2. The molecule has 2 heterocycles. The standard InChI is InChI=1S/C9H13N5O4S2/c1-20(17,18)6-4-19-3-2-13(6)9-7(14(15)16)8(10)11-5-12-9/h5-6H,2-4H2,1H3,(H2,10,11,12). The lowest BCUT2D eigenvalue weighted by Crippen LogP contribution is -2.47. The van der Waals surface area contributed by atoms with E-state index in [1.165, 1.54) is 16.7 Å². The molecule has 2 rings (SSSR count). The predicted octanol–water partition coefficient (Wildman–Crippen LogP) is -0.109. The van der Waals surface area contributed by atoms with E-state index in [1.54, 1.807) is 0 Å². The van der Waals surface area contributed by atoms with Gasteiger partial charge in [-0.05, 0) is 0 Å². The molecular weight excluding hydrogens is 306 g/mol. The molecule has 1 atom stereocenters. The summed E-state index contributed by atoms with van der Waals surface area (Å²) >= 11 is 1.48. The van der Waals surface area contributed by atoms with Gasteiger partial charge in [-0.15, -0.1) is 0 Å². The van der Waals surface area contributed by atoms with Crippen molar-refractivity contribution in [1.82, 2.24) is 9.97 Å². The second-order valence-electron chi connectivity index (χ2n) is 4.24. The molecule has 0 saturated carbocycles. The summed E-state index contributed by atoms with van der Waals surface area (Å²) in [5.74, 6) is 0.677. The lowest BCUT2D eigenvalue weighted by atomic mass is 10.3. The van der Waals surface area contributed by atoms with Crippen LogP contribution in [0.2, 0.25) is 0 Å². The van der Waals surface area contributed by atoms with Crippen LogP contribution in [0.4, 0.5) is 17.3 Å². The highest BCUT2D eigenvalue weighted by Crippen LogP contribution is 2.34. The van der Waals surface area contributed by atoms with E-state index in [1.807, 2.05) is 0 Å². The maximum absolute atomic E-state index is 11.8. The van der Waals surface area contributed by atoms with E-state index in [0.717, 1.165) is 12.6 Å². The van der Waals surface area contributed by atoms with Gasteiger partial charge in [0.2, 0.25) is 11.6 Å². The SMILES string of the molecule is CS(=O)(=O)C1CSCCN1c1ncnc(N)c1[N+](=O)[O-]. The molecule has 20 heavy (non-hydrogen) atoms. The number of nitrogens with two attached hydrogens (primary N) is 1. The highest BCUT2D eigenvalue weighted by molar-refractivity contribution is 8.01. The molecule has 1 saturated heterocycles. The van der Waals surface area contributed by atoms with Crippen LogP contribution >= 0.6 is 11.8 Å². The molecular formula is C9H13N5O4S2. The van der Waals surface area contributed by atoms with Crippen molar-refractivity contribution >= 4 is 38.9 Å². The van der Waals surface area contributed by atoms with Crippen molar-refractivity contribution in [2.45, 2.75) is 5.37 Å². The number of nitro groups is 1. The molecule has 0 aliphatic carbocycles. The van der Waals surface area contributed by atoms with Gasteiger partial charge in [-0.1, -0.05) is 0 Å². The molecule has 110 valence electrons. The van der Waals surface area contributed by atoms with Crippen LogP contribution in [0.5, 0.6) is 0 Å². The minimum atomic E-state index is -3.40. The number of hydrogen-bond acceptors (Lipinski definition) is 9. The average molecular weight is 319 g/mol. The summed E-state index contributed by atoms with van der Waals surface area (Å²) in [4.78, 5) is 19.3. The van der Waals surface area contributed by atoms with Gasteiger partial charge in [0.1, 0.15) is 11.7 Å². The van der Waals surface area contributed by atoms with Gasteiger partial charge >= 0.3 is 5.69 Å². The minimum Gasteiger partial charge on any atom is -0.378 e. The minimum absolute atomic E-state index is 0.0433. The monoisotopic (exact) mass is 319 g/mol. The first kappa shape index (κ1) is 14.8. The Hall–Kier alpha value is -1.62. The van der Waals surface area contributed by atoms with Gasteiger partial charge in [0.25, 0.3) is 0 Å². The second kappa shape index (κ2) is 5.40. The number of thioether (sulfide) groups is 1. The Morgan fingerprint density at radius 1 is 1.55 bits per heavy atom. The molecule has 9 nitrogen and oxygen atoms in total. The first-order chi connectivity index (χ1) is 9.32. The van der Waals surface area contributed by atoms with Gasteiger partial charge < -0.3 is 10.6 Å². The van der Waals surface area contributed by atoms with Crippen molar-refractivity contribution in [2.24, 2.45) is 0 Å². The van der Waals surface area contributed by atoms with Crippen LogP contribution in [0.1, 0.15) is 0 Å². The zero-order valence-corrected chi connectivity index (χ0v) is 12.2. The van der Waals surface area contributed by atoms with E-state index in [0.29, 0.717) is 18.1 Å². The molecule has 2 N–H and O–H groups in total. The van der Waals surface area contributed by atoms with Crippen molar-refractivity contribution in [3.8, 4) is 0 Å². The number of rotatable bonds is 3. The largest absolute Gasteiger partial charge is 0.378 e. The number of hydrogen-bond donors (Lipinski definition) is 1.